The molecule has 3 aromatic rings. The maximum absolute atomic E-state index is 13.8. The molecule has 2 saturated heterocycles. The molecule has 0 bridgehead atoms. The summed E-state index contributed by atoms with van der Waals surface area (Å²) in [7, 11) is 0. The summed E-state index contributed by atoms with van der Waals surface area (Å²) < 4.78 is 46.9. The third kappa shape index (κ3) is 6.39. The van der Waals surface area contributed by atoms with Crippen molar-refractivity contribution in [1.29, 1.82) is 0 Å². The molecule has 0 unspecified atom stereocenters. The Morgan fingerprint density at radius 1 is 0.925 bits per heavy atom. The van der Waals surface area contributed by atoms with Crippen LogP contribution in [0.25, 0.3) is 11.3 Å². The van der Waals surface area contributed by atoms with E-state index in [1.54, 1.807) is 18.3 Å². The van der Waals surface area contributed by atoms with Gasteiger partial charge < -0.3 is 24.8 Å². The Labute approximate surface area is 232 Å². The molecule has 0 spiro atoms. The van der Waals surface area contributed by atoms with Crippen molar-refractivity contribution in [3.05, 3.63) is 71.4 Å². The fraction of sp³-hybridized carbons (Fsp3) is 0.400. The van der Waals surface area contributed by atoms with Gasteiger partial charge in [-0.1, -0.05) is 13.0 Å². The zero-order chi connectivity index (χ0) is 28.3. The first-order chi connectivity index (χ1) is 19.2. The Balaban J connectivity index is 1.39. The quantitative estimate of drug-likeness (QED) is 0.447. The number of piperazine rings is 1. The van der Waals surface area contributed by atoms with Gasteiger partial charge in [0.25, 0.3) is 5.91 Å². The summed E-state index contributed by atoms with van der Waals surface area (Å²) in [6, 6.07) is 13.0. The first-order valence-corrected chi connectivity index (χ1v) is 13.6. The van der Waals surface area contributed by atoms with Gasteiger partial charge in [0.05, 0.1) is 24.5 Å². The van der Waals surface area contributed by atoms with Crippen LogP contribution in [0.3, 0.4) is 0 Å². The number of carbonyl (C=O) groups excluding carboxylic acids is 1. The lowest BCUT2D eigenvalue weighted by atomic mass is 10.0. The van der Waals surface area contributed by atoms with Gasteiger partial charge in [0.15, 0.2) is 0 Å². The Hall–Kier alpha value is -3.63. The van der Waals surface area contributed by atoms with E-state index < -0.39 is 17.6 Å². The van der Waals surface area contributed by atoms with Crippen LogP contribution < -0.4 is 15.1 Å². The summed E-state index contributed by atoms with van der Waals surface area (Å²) in [6.45, 7) is 10.6. The van der Waals surface area contributed by atoms with E-state index in [1.807, 2.05) is 36.1 Å². The van der Waals surface area contributed by atoms with Gasteiger partial charge in [0.1, 0.15) is 0 Å². The number of aromatic nitrogens is 1. The summed E-state index contributed by atoms with van der Waals surface area (Å²) >= 11 is 0. The number of likely N-dealkylation sites (N-methyl/N-ethyl adjacent to an activating group) is 1. The molecule has 1 N–H and O–H groups in total. The van der Waals surface area contributed by atoms with Crippen LogP contribution in [0.15, 0.2) is 54.7 Å². The molecule has 5 rings (SSSR count). The molecule has 10 heteroatoms. The van der Waals surface area contributed by atoms with Crippen LogP contribution in [0, 0.1) is 6.92 Å². The molecule has 40 heavy (non-hydrogen) atoms. The predicted molar refractivity (Wildman–Crippen MR) is 151 cm³/mol. The number of alkyl halides is 3. The van der Waals surface area contributed by atoms with Crippen molar-refractivity contribution < 1.29 is 22.7 Å². The number of morpholine rings is 1. The van der Waals surface area contributed by atoms with E-state index in [0.717, 1.165) is 67.4 Å². The van der Waals surface area contributed by atoms with Crippen LogP contribution in [-0.4, -0.2) is 74.8 Å². The lowest BCUT2D eigenvalue weighted by molar-refractivity contribution is -0.137. The number of hydrogen-bond donors (Lipinski definition) is 1. The molecule has 2 fully saturated rings. The third-order valence-corrected chi connectivity index (χ3v) is 7.58. The molecule has 0 aliphatic carbocycles. The summed E-state index contributed by atoms with van der Waals surface area (Å²) in [5, 5.41) is 2.81. The maximum atomic E-state index is 13.8. The molecule has 0 saturated carbocycles. The highest BCUT2D eigenvalue weighted by Crippen LogP contribution is 2.34. The number of aryl methyl sites for hydroxylation is 1. The van der Waals surface area contributed by atoms with Crippen molar-refractivity contribution in [3.63, 3.8) is 0 Å². The van der Waals surface area contributed by atoms with Crippen molar-refractivity contribution in [3.8, 4) is 11.3 Å². The maximum Gasteiger partial charge on any atom is 0.416 e. The molecule has 2 aromatic carbocycles. The number of halogens is 3. The molecule has 2 aliphatic rings. The molecule has 0 radical (unpaired) electrons. The second-order valence-electron chi connectivity index (χ2n) is 10.2. The first-order valence-electron chi connectivity index (χ1n) is 13.6. The summed E-state index contributed by atoms with van der Waals surface area (Å²) in [6.07, 6.45) is -2.81. The van der Waals surface area contributed by atoms with Gasteiger partial charge in [0.2, 0.25) is 0 Å². The third-order valence-electron chi connectivity index (χ3n) is 7.58. The fourth-order valence-corrected chi connectivity index (χ4v) is 5.17. The monoisotopic (exact) mass is 553 g/mol. The number of carbonyl (C=O) groups is 1. The van der Waals surface area contributed by atoms with Crippen LogP contribution in [0.1, 0.15) is 28.4 Å². The minimum absolute atomic E-state index is 0.0303. The van der Waals surface area contributed by atoms with E-state index in [4.69, 9.17) is 4.74 Å². The highest BCUT2D eigenvalue weighted by molar-refractivity contribution is 6.05. The van der Waals surface area contributed by atoms with Crippen molar-refractivity contribution >= 4 is 23.0 Å². The van der Waals surface area contributed by atoms with Gasteiger partial charge >= 0.3 is 6.18 Å². The van der Waals surface area contributed by atoms with Crippen LogP contribution in [0.5, 0.6) is 0 Å². The molecular weight excluding hydrogens is 519 g/mol. The minimum atomic E-state index is -4.57. The van der Waals surface area contributed by atoms with Crippen molar-refractivity contribution in [2.75, 3.05) is 74.1 Å². The number of benzene rings is 2. The fourth-order valence-electron chi connectivity index (χ4n) is 5.17. The standard InChI is InChI=1S/C30H34F3N5O2/c1-3-36-8-10-37(11-9-36)26-17-22(16-23(18-26)30(31,32)33)29(39)35-24-5-4-21(2)27(19-24)28-20-25(6-7-34-28)38-12-14-40-15-13-38/h4-7,16-20H,3,8-15H2,1-2H3,(H,35,39). The number of hydrogen-bond acceptors (Lipinski definition) is 6. The van der Waals surface area contributed by atoms with E-state index in [0.29, 0.717) is 37.7 Å². The smallest absolute Gasteiger partial charge is 0.378 e. The SMILES string of the molecule is CCN1CCN(c2cc(C(=O)Nc3ccc(C)c(-c4cc(N5CCOCC5)ccn4)c3)cc(C(F)(F)F)c2)CC1. The molecule has 1 aromatic heterocycles. The van der Waals surface area contributed by atoms with Gasteiger partial charge in [-0.25, -0.2) is 0 Å². The number of rotatable bonds is 6. The average Bonchev–Trinajstić information content (AvgIpc) is 2.98. The average molecular weight is 554 g/mol. The highest BCUT2D eigenvalue weighted by atomic mass is 19.4. The molecule has 1 amide bonds. The number of ether oxygens (including phenoxy) is 1. The van der Waals surface area contributed by atoms with Crippen molar-refractivity contribution in [2.24, 2.45) is 0 Å². The molecule has 212 valence electrons. The van der Waals surface area contributed by atoms with Gasteiger partial charge in [-0.05, 0) is 61.5 Å². The van der Waals surface area contributed by atoms with E-state index >= 15 is 0 Å². The van der Waals surface area contributed by atoms with Gasteiger partial charge in [-0.3, -0.25) is 9.78 Å². The van der Waals surface area contributed by atoms with Gasteiger partial charge in [0, 0.05) is 73.7 Å². The van der Waals surface area contributed by atoms with Crippen molar-refractivity contribution in [1.82, 2.24) is 9.88 Å². The van der Waals surface area contributed by atoms with Crippen LogP contribution in [-0.2, 0) is 10.9 Å². The van der Waals surface area contributed by atoms with Crippen LogP contribution in [0.2, 0.25) is 0 Å². The summed E-state index contributed by atoms with van der Waals surface area (Å²) in [4.78, 5) is 24.2. The number of pyridine rings is 1. The Kier molecular flexibility index (Phi) is 8.27. The van der Waals surface area contributed by atoms with Crippen LogP contribution >= 0.6 is 0 Å². The summed E-state index contributed by atoms with van der Waals surface area (Å²) in [5.41, 5.74) is 3.63. The second-order valence-corrected chi connectivity index (χ2v) is 10.2. The lowest BCUT2D eigenvalue weighted by Crippen LogP contribution is -2.46. The lowest BCUT2D eigenvalue weighted by Gasteiger charge is -2.36. The summed E-state index contributed by atoms with van der Waals surface area (Å²) in [5.74, 6) is -0.593. The number of nitrogens with zero attached hydrogens (tertiary/aromatic N) is 4. The van der Waals surface area contributed by atoms with E-state index in [1.165, 1.54) is 0 Å². The van der Waals surface area contributed by atoms with E-state index in [-0.39, 0.29) is 5.56 Å². The van der Waals surface area contributed by atoms with E-state index in [2.05, 4.69) is 27.0 Å². The molecule has 2 aliphatic heterocycles. The predicted octanol–water partition coefficient (Wildman–Crippen LogP) is 5.31. The Bertz CT molecular complexity index is 1350. The number of amides is 1. The number of nitrogens with one attached hydrogen (secondary N) is 1. The van der Waals surface area contributed by atoms with Gasteiger partial charge in [-0.2, -0.15) is 13.2 Å². The minimum Gasteiger partial charge on any atom is -0.378 e. The second kappa shape index (κ2) is 11.9. The zero-order valence-corrected chi connectivity index (χ0v) is 22.8. The largest absolute Gasteiger partial charge is 0.416 e. The van der Waals surface area contributed by atoms with Crippen LogP contribution in [0.4, 0.5) is 30.2 Å². The number of anilines is 3. The molecule has 0 atom stereocenters. The van der Waals surface area contributed by atoms with Crippen molar-refractivity contribution in [2.45, 2.75) is 20.0 Å². The van der Waals surface area contributed by atoms with Gasteiger partial charge in [-0.15, -0.1) is 0 Å². The zero-order valence-electron chi connectivity index (χ0n) is 22.8. The Morgan fingerprint density at radius 2 is 1.65 bits per heavy atom. The molecule has 7 nitrogen and oxygen atoms in total. The topological polar surface area (TPSA) is 60.9 Å². The highest BCUT2D eigenvalue weighted by Gasteiger charge is 2.33. The first kappa shape index (κ1) is 27.9. The van der Waals surface area contributed by atoms with E-state index in [9.17, 15) is 18.0 Å². The molecular formula is C30H34F3N5O2. The Morgan fingerprint density at radius 3 is 2.35 bits per heavy atom. The molecule has 3 heterocycles. The normalized spacial score (nSPS) is 16.7.